The molecule has 0 bridgehead atoms. The van der Waals surface area contributed by atoms with Crippen molar-refractivity contribution in [2.45, 2.75) is 18.9 Å². The number of nitrogens with one attached hydrogen (secondary N) is 1. The minimum absolute atomic E-state index is 0.0801. The van der Waals surface area contributed by atoms with Gasteiger partial charge in [-0.1, -0.05) is 15.9 Å². The van der Waals surface area contributed by atoms with Crippen LogP contribution in [0, 0.1) is 11.3 Å². The summed E-state index contributed by atoms with van der Waals surface area (Å²) < 4.78 is 11.3. The Kier molecular flexibility index (Phi) is 3.36. The van der Waals surface area contributed by atoms with Gasteiger partial charge >= 0.3 is 0 Å². The number of carbonyl (C=O) groups is 1. The first kappa shape index (κ1) is 13.0. The van der Waals surface area contributed by atoms with Crippen LogP contribution in [0.15, 0.2) is 22.2 Å². The number of amides is 1. The van der Waals surface area contributed by atoms with Crippen LogP contribution in [0.4, 0.5) is 0 Å². The van der Waals surface area contributed by atoms with Gasteiger partial charge in [0.15, 0.2) is 11.5 Å². The van der Waals surface area contributed by atoms with Crippen LogP contribution in [0.1, 0.15) is 18.4 Å². The molecule has 0 unspecified atom stereocenters. The smallest absolute Gasteiger partial charge is 0.262 e. The molecule has 3 rings (SSSR count). The van der Waals surface area contributed by atoms with Gasteiger partial charge in [-0.3, -0.25) is 4.79 Å². The lowest BCUT2D eigenvalue weighted by Gasteiger charge is -2.04. The number of ether oxygens (including phenoxy) is 2. The van der Waals surface area contributed by atoms with Crippen molar-refractivity contribution in [3.63, 3.8) is 0 Å². The Balaban J connectivity index is 1.89. The Bertz CT molecular complexity index is 645. The zero-order valence-corrected chi connectivity index (χ0v) is 12.1. The van der Waals surface area contributed by atoms with Crippen LogP contribution in [0.3, 0.4) is 0 Å². The van der Waals surface area contributed by atoms with Crippen LogP contribution in [-0.4, -0.2) is 18.7 Å². The Morgan fingerprint density at radius 2 is 2.10 bits per heavy atom. The number of halogens is 1. The number of carbonyl (C=O) groups excluding carboxylic acids is 1. The molecule has 1 N–H and O–H groups in total. The van der Waals surface area contributed by atoms with E-state index in [1.54, 1.807) is 18.2 Å². The molecule has 6 heteroatoms. The first-order valence-corrected chi connectivity index (χ1v) is 6.98. The predicted molar refractivity (Wildman–Crippen MR) is 75.0 cm³/mol. The topological polar surface area (TPSA) is 71.3 Å². The van der Waals surface area contributed by atoms with Crippen molar-refractivity contribution >= 4 is 27.9 Å². The highest BCUT2D eigenvalue weighted by Gasteiger charge is 2.25. The molecule has 0 aromatic heterocycles. The van der Waals surface area contributed by atoms with Gasteiger partial charge in [0.25, 0.3) is 5.91 Å². The zero-order chi connectivity index (χ0) is 14.1. The highest BCUT2D eigenvalue weighted by molar-refractivity contribution is 9.10. The molecule has 1 saturated carbocycles. The lowest BCUT2D eigenvalue weighted by molar-refractivity contribution is -0.117. The molecule has 2 aliphatic rings. The fourth-order valence-corrected chi connectivity index (χ4v) is 2.28. The minimum atomic E-state index is -0.334. The fraction of sp³-hybridized carbons (Fsp3) is 0.286. The fourth-order valence-electron chi connectivity index (χ4n) is 1.84. The average Bonchev–Trinajstić information content (AvgIpc) is 3.12. The molecule has 1 amide bonds. The van der Waals surface area contributed by atoms with E-state index in [1.807, 2.05) is 6.07 Å². The summed E-state index contributed by atoms with van der Waals surface area (Å²) in [6.45, 7) is 0.183. The second-order valence-corrected chi connectivity index (χ2v) is 5.50. The Labute approximate surface area is 124 Å². The SMILES string of the molecule is N#CC(=Cc1cc2c(cc1Br)OCO2)C(=O)NC1CC1. The van der Waals surface area contributed by atoms with Crippen LogP contribution < -0.4 is 14.8 Å². The molecule has 1 fully saturated rings. The third-order valence-corrected chi connectivity index (χ3v) is 3.76. The van der Waals surface area contributed by atoms with Crippen molar-refractivity contribution in [1.29, 1.82) is 5.26 Å². The average molecular weight is 335 g/mol. The summed E-state index contributed by atoms with van der Waals surface area (Å²) in [5, 5.41) is 11.9. The quantitative estimate of drug-likeness (QED) is 0.680. The number of benzene rings is 1. The summed E-state index contributed by atoms with van der Waals surface area (Å²) in [6, 6.07) is 5.67. The highest BCUT2D eigenvalue weighted by Crippen LogP contribution is 2.37. The third kappa shape index (κ3) is 2.63. The second-order valence-electron chi connectivity index (χ2n) is 4.64. The molecule has 102 valence electrons. The molecule has 1 aromatic rings. The zero-order valence-electron chi connectivity index (χ0n) is 10.5. The third-order valence-electron chi connectivity index (χ3n) is 3.07. The number of hydrogen-bond donors (Lipinski definition) is 1. The molecule has 0 atom stereocenters. The summed E-state index contributed by atoms with van der Waals surface area (Å²) in [6.07, 6.45) is 3.51. The number of nitriles is 1. The summed E-state index contributed by atoms with van der Waals surface area (Å²) in [5.74, 6) is 0.925. The maximum Gasteiger partial charge on any atom is 0.262 e. The van der Waals surface area contributed by atoms with Gasteiger partial charge in [-0.05, 0) is 36.6 Å². The normalized spacial score (nSPS) is 16.7. The molecule has 20 heavy (non-hydrogen) atoms. The molecule has 0 saturated heterocycles. The van der Waals surface area contributed by atoms with E-state index >= 15 is 0 Å². The van der Waals surface area contributed by atoms with Gasteiger partial charge < -0.3 is 14.8 Å². The van der Waals surface area contributed by atoms with E-state index in [9.17, 15) is 4.79 Å². The van der Waals surface area contributed by atoms with Gasteiger partial charge in [0, 0.05) is 10.5 Å². The summed E-state index contributed by atoms with van der Waals surface area (Å²) in [4.78, 5) is 11.9. The molecule has 5 nitrogen and oxygen atoms in total. The largest absolute Gasteiger partial charge is 0.454 e. The van der Waals surface area contributed by atoms with Crippen molar-refractivity contribution in [3.05, 3.63) is 27.7 Å². The van der Waals surface area contributed by atoms with E-state index in [4.69, 9.17) is 14.7 Å². The number of nitrogens with zero attached hydrogens (tertiary/aromatic N) is 1. The van der Waals surface area contributed by atoms with Gasteiger partial charge in [0.2, 0.25) is 6.79 Å². The maximum atomic E-state index is 11.9. The van der Waals surface area contributed by atoms with Crippen LogP contribution in [-0.2, 0) is 4.79 Å². The summed E-state index contributed by atoms with van der Waals surface area (Å²) in [5.41, 5.74) is 0.785. The van der Waals surface area contributed by atoms with E-state index in [-0.39, 0.29) is 24.3 Å². The number of hydrogen-bond acceptors (Lipinski definition) is 4. The van der Waals surface area contributed by atoms with Crippen LogP contribution >= 0.6 is 15.9 Å². The van der Waals surface area contributed by atoms with Crippen molar-refractivity contribution in [2.75, 3.05) is 6.79 Å². The number of fused-ring (bicyclic) bond motifs is 1. The van der Waals surface area contributed by atoms with E-state index in [0.717, 1.165) is 17.3 Å². The van der Waals surface area contributed by atoms with Crippen molar-refractivity contribution in [1.82, 2.24) is 5.32 Å². The van der Waals surface area contributed by atoms with Gasteiger partial charge in [-0.15, -0.1) is 0 Å². The summed E-state index contributed by atoms with van der Waals surface area (Å²) >= 11 is 3.40. The van der Waals surface area contributed by atoms with Crippen molar-refractivity contribution in [2.24, 2.45) is 0 Å². The van der Waals surface area contributed by atoms with E-state index in [0.29, 0.717) is 17.1 Å². The van der Waals surface area contributed by atoms with Gasteiger partial charge in [0.05, 0.1) is 0 Å². The van der Waals surface area contributed by atoms with Crippen LogP contribution in [0.25, 0.3) is 6.08 Å². The Hall–Kier alpha value is -2.00. The summed E-state index contributed by atoms with van der Waals surface area (Å²) in [7, 11) is 0. The standard InChI is InChI=1S/C14H11BrN2O3/c15-11-5-13-12(19-7-20-13)4-8(11)3-9(6-16)14(18)17-10-1-2-10/h3-5,10H,1-2,7H2,(H,17,18). The van der Waals surface area contributed by atoms with Gasteiger partial charge in [-0.25, -0.2) is 0 Å². The van der Waals surface area contributed by atoms with Gasteiger partial charge in [0.1, 0.15) is 11.6 Å². The first-order valence-electron chi connectivity index (χ1n) is 6.19. The monoisotopic (exact) mass is 334 g/mol. The van der Waals surface area contributed by atoms with Crippen LogP contribution in [0.5, 0.6) is 11.5 Å². The van der Waals surface area contributed by atoms with Crippen molar-refractivity contribution in [3.8, 4) is 17.6 Å². The lowest BCUT2D eigenvalue weighted by atomic mass is 10.1. The molecule has 0 spiro atoms. The Morgan fingerprint density at radius 3 is 2.75 bits per heavy atom. The minimum Gasteiger partial charge on any atom is -0.454 e. The van der Waals surface area contributed by atoms with Crippen molar-refractivity contribution < 1.29 is 14.3 Å². The first-order chi connectivity index (χ1) is 9.67. The van der Waals surface area contributed by atoms with E-state index < -0.39 is 0 Å². The molecule has 1 heterocycles. The molecule has 1 aliphatic heterocycles. The number of rotatable bonds is 3. The second kappa shape index (κ2) is 5.17. The maximum absolute atomic E-state index is 11.9. The molecular formula is C14H11BrN2O3. The Morgan fingerprint density at radius 1 is 1.40 bits per heavy atom. The lowest BCUT2D eigenvalue weighted by Crippen LogP contribution is -2.26. The van der Waals surface area contributed by atoms with Gasteiger partial charge in [-0.2, -0.15) is 5.26 Å². The highest BCUT2D eigenvalue weighted by atomic mass is 79.9. The van der Waals surface area contributed by atoms with E-state index in [2.05, 4.69) is 21.2 Å². The predicted octanol–water partition coefficient (Wildman–Crippen LogP) is 2.36. The van der Waals surface area contributed by atoms with Crippen LogP contribution in [0.2, 0.25) is 0 Å². The molecule has 1 aromatic carbocycles. The molecule has 1 aliphatic carbocycles. The molecular weight excluding hydrogens is 324 g/mol. The molecule has 0 radical (unpaired) electrons. The van der Waals surface area contributed by atoms with E-state index in [1.165, 1.54) is 0 Å².